The van der Waals surface area contributed by atoms with E-state index in [0.29, 0.717) is 6.04 Å². The zero-order chi connectivity index (χ0) is 14.5. The summed E-state index contributed by atoms with van der Waals surface area (Å²) in [4.78, 5) is 0. The van der Waals surface area contributed by atoms with E-state index in [1.807, 2.05) is 7.05 Å². The molecule has 1 N–H and O–H groups in total. The van der Waals surface area contributed by atoms with Crippen LogP contribution < -0.4 is 5.32 Å². The summed E-state index contributed by atoms with van der Waals surface area (Å²) in [5.74, 6) is 0. The number of rotatable bonds is 6. The molecule has 0 aliphatic rings. The van der Waals surface area contributed by atoms with Crippen molar-refractivity contribution in [2.24, 2.45) is 0 Å². The maximum Gasteiger partial charge on any atom is 0.0596 e. The van der Waals surface area contributed by atoms with Crippen LogP contribution in [0.25, 0.3) is 0 Å². The summed E-state index contributed by atoms with van der Waals surface area (Å²) < 4.78 is 2.11. The monoisotopic (exact) mass is 271 g/mol. The van der Waals surface area contributed by atoms with Crippen LogP contribution in [0.4, 0.5) is 0 Å². The second kappa shape index (κ2) is 6.71. The van der Waals surface area contributed by atoms with Gasteiger partial charge in [-0.15, -0.1) is 0 Å². The molecule has 0 amide bonds. The lowest BCUT2D eigenvalue weighted by atomic mass is 9.95. The lowest BCUT2D eigenvalue weighted by molar-refractivity contribution is 0.538. The SMILES string of the molecule is CCc1ccccc1C(Cc1cc(C)nn1CC)NC. The number of nitrogens with one attached hydrogen (secondary N) is 1. The molecule has 0 radical (unpaired) electrons. The van der Waals surface area contributed by atoms with Gasteiger partial charge in [0.2, 0.25) is 0 Å². The highest BCUT2D eigenvalue weighted by Crippen LogP contribution is 2.22. The minimum absolute atomic E-state index is 0.340. The number of aromatic nitrogens is 2. The van der Waals surface area contributed by atoms with Gasteiger partial charge in [-0.2, -0.15) is 5.10 Å². The van der Waals surface area contributed by atoms with E-state index in [1.54, 1.807) is 0 Å². The van der Waals surface area contributed by atoms with Crippen LogP contribution in [0.15, 0.2) is 30.3 Å². The molecule has 3 nitrogen and oxygen atoms in total. The van der Waals surface area contributed by atoms with Gasteiger partial charge >= 0.3 is 0 Å². The molecule has 0 saturated carbocycles. The fourth-order valence-corrected chi connectivity index (χ4v) is 2.81. The highest BCUT2D eigenvalue weighted by molar-refractivity contribution is 5.31. The van der Waals surface area contributed by atoms with Gasteiger partial charge in [-0.1, -0.05) is 31.2 Å². The van der Waals surface area contributed by atoms with Crippen LogP contribution >= 0.6 is 0 Å². The van der Waals surface area contributed by atoms with Crippen LogP contribution in [-0.2, 0) is 19.4 Å². The second-order valence-electron chi connectivity index (χ2n) is 5.19. The van der Waals surface area contributed by atoms with E-state index in [9.17, 15) is 0 Å². The molecule has 1 unspecified atom stereocenters. The quantitative estimate of drug-likeness (QED) is 0.874. The number of likely N-dealkylation sites (N-methyl/N-ethyl adjacent to an activating group) is 1. The van der Waals surface area contributed by atoms with Crippen molar-refractivity contribution in [1.29, 1.82) is 0 Å². The van der Waals surface area contributed by atoms with Crippen molar-refractivity contribution < 1.29 is 0 Å². The third kappa shape index (κ3) is 3.10. The molecule has 3 heteroatoms. The standard InChI is InChI=1S/C17H25N3/c1-5-14-9-7-8-10-16(14)17(18-4)12-15-11-13(3)19-20(15)6-2/h7-11,17-18H,5-6,12H2,1-4H3. The Balaban J connectivity index is 2.28. The first-order valence-corrected chi connectivity index (χ1v) is 7.48. The normalized spacial score (nSPS) is 12.6. The van der Waals surface area contributed by atoms with E-state index in [2.05, 4.69) is 66.2 Å². The summed E-state index contributed by atoms with van der Waals surface area (Å²) in [6.07, 6.45) is 2.04. The van der Waals surface area contributed by atoms with Crippen molar-refractivity contribution in [2.75, 3.05) is 7.05 Å². The number of hydrogen-bond donors (Lipinski definition) is 1. The second-order valence-corrected chi connectivity index (χ2v) is 5.19. The molecular weight excluding hydrogens is 246 g/mol. The molecule has 1 aromatic heterocycles. The van der Waals surface area contributed by atoms with Crippen LogP contribution in [0.3, 0.4) is 0 Å². The zero-order valence-corrected chi connectivity index (χ0v) is 13.0. The van der Waals surface area contributed by atoms with E-state index in [0.717, 1.165) is 25.1 Å². The van der Waals surface area contributed by atoms with Gasteiger partial charge in [0.15, 0.2) is 0 Å². The molecule has 0 aliphatic heterocycles. The molecule has 2 rings (SSSR count). The number of nitrogens with zero attached hydrogens (tertiary/aromatic N) is 2. The smallest absolute Gasteiger partial charge is 0.0596 e. The molecule has 20 heavy (non-hydrogen) atoms. The first kappa shape index (κ1) is 14.8. The van der Waals surface area contributed by atoms with E-state index < -0.39 is 0 Å². The predicted molar refractivity (Wildman–Crippen MR) is 84.0 cm³/mol. The van der Waals surface area contributed by atoms with Gasteiger partial charge in [0.1, 0.15) is 0 Å². The highest BCUT2D eigenvalue weighted by atomic mass is 15.3. The maximum absolute atomic E-state index is 4.54. The summed E-state index contributed by atoms with van der Waals surface area (Å²) in [5, 5.41) is 8.00. The molecule has 1 aromatic carbocycles. The number of benzene rings is 1. The Morgan fingerprint density at radius 2 is 2.00 bits per heavy atom. The van der Waals surface area contributed by atoms with Crippen molar-refractivity contribution in [3.05, 3.63) is 52.8 Å². The van der Waals surface area contributed by atoms with Gasteiger partial charge in [-0.25, -0.2) is 0 Å². The van der Waals surface area contributed by atoms with Gasteiger partial charge in [0, 0.05) is 24.7 Å². The van der Waals surface area contributed by atoms with Gasteiger partial charge in [-0.05, 0) is 44.5 Å². The Morgan fingerprint density at radius 3 is 2.65 bits per heavy atom. The fraction of sp³-hybridized carbons (Fsp3) is 0.471. The van der Waals surface area contributed by atoms with Crippen LogP contribution in [0.1, 0.15) is 42.4 Å². The lowest BCUT2D eigenvalue weighted by Gasteiger charge is -2.20. The van der Waals surface area contributed by atoms with Crippen LogP contribution in [0.2, 0.25) is 0 Å². The molecule has 0 fully saturated rings. The van der Waals surface area contributed by atoms with E-state index >= 15 is 0 Å². The first-order valence-electron chi connectivity index (χ1n) is 7.48. The van der Waals surface area contributed by atoms with Crippen LogP contribution in [0.5, 0.6) is 0 Å². The third-order valence-corrected chi connectivity index (χ3v) is 3.86. The van der Waals surface area contributed by atoms with Crippen molar-refractivity contribution >= 4 is 0 Å². The lowest BCUT2D eigenvalue weighted by Crippen LogP contribution is -2.21. The van der Waals surface area contributed by atoms with Gasteiger partial charge in [-0.3, -0.25) is 4.68 Å². The molecule has 0 bridgehead atoms. The molecular formula is C17H25N3. The maximum atomic E-state index is 4.54. The molecule has 2 aromatic rings. The van der Waals surface area contributed by atoms with Gasteiger partial charge in [0.25, 0.3) is 0 Å². The Kier molecular flexibility index (Phi) is 4.96. The topological polar surface area (TPSA) is 29.9 Å². The molecule has 0 aliphatic carbocycles. The summed E-state index contributed by atoms with van der Waals surface area (Å²) >= 11 is 0. The predicted octanol–water partition coefficient (Wildman–Crippen LogP) is 3.28. The van der Waals surface area contributed by atoms with Gasteiger partial charge in [0.05, 0.1) is 5.69 Å². The largest absolute Gasteiger partial charge is 0.313 e. The molecule has 0 spiro atoms. The molecule has 108 valence electrons. The minimum atomic E-state index is 0.340. The molecule has 1 atom stereocenters. The number of hydrogen-bond acceptors (Lipinski definition) is 2. The van der Waals surface area contributed by atoms with Crippen molar-refractivity contribution in [2.45, 2.75) is 46.2 Å². The van der Waals surface area contributed by atoms with Crippen LogP contribution in [-0.4, -0.2) is 16.8 Å². The van der Waals surface area contributed by atoms with E-state index in [4.69, 9.17) is 0 Å². The zero-order valence-electron chi connectivity index (χ0n) is 13.0. The van der Waals surface area contributed by atoms with Crippen LogP contribution in [0, 0.1) is 6.92 Å². The fourth-order valence-electron chi connectivity index (χ4n) is 2.81. The summed E-state index contributed by atoms with van der Waals surface area (Å²) in [5.41, 5.74) is 5.22. The van der Waals surface area contributed by atoms with Crippen molar-refractivity contribution in [3.63, 3.8) is 0 Å². The summed E-state index contributed by atoms with van der Waals surface area (Å²) in [6.45, 7) is 7.34. The van der Waals surface area contributed by atoms with Gasteiger partial charge < -0.3 is 5.32 Å². The highest BCUT2D eigenvalue weighted by Gasteiger charge is 2.15. The average Bonchev–Trinajstić information content (AvgIpc) is 2.84. The average molecular weight is 271 g/mol. The third-order valence-electron chi connectivity index (χ3n) is 3.86. The summed E-state index contributed by atoms with van der Waals surface area (Å²) in [7, 11) is 2.04. The van der Waals surface area contributed by atoms with Crippen molar-refractivity contribution in [3.8, 4) is 0 Å². The Labute approximate surface area is 122 Å². The Morgan fingerprint density at radius 1 is 1.25 bits per heavy atom. The minimum Gasteiger partial charge on any atom is -0.313 e. The Hall–Kier alpha value is -1.61. The summed E-state index contributed by atoms with van der Waals surface area (Å²) in [6, 6.07) is 11.2. The Bertz CT molecular complexity index is 557. The van der Waals surface area contributed by atoms with Crippen molar-refractivity contribution in [1.82, 2.24) is 15.1 Å². The van der Waals surface area contributed by atoms with E-state index in [-0.39, 0.29) is 0 Å². The van der Waals surface area contributed by atoms with E-state index in [1.165, 1.54) is 16.8 Å². The molecule has 1 heterocycles. The first-order chi connectivity index (χ1) is 9.69. The molecule has 0 saturated heterocycles. The number of aryl methyl sites for hydroxylation is 3.